The maximum Gasteiger partial charge on any atom is 0.224 e. The van der Waals surface area contributed by atoms with E-state index in [9.17, 15) is 13.2 Å². The summed E-state index contributed by atoms with van der Waals surface area (Å²) in [4.78, 5) is 20.2. The van der Waals surface area contributed by atoms with Crippen molar-refractivity contribution in [3.8, 4) is 0 Å². The second-order valence-corrected chi connectivity index (χ2v) is 8.28. The van der Waals surface area contributed by atoms with Gasteiger partial charge in [0, 0.05) is 44.5 Å². The summed E-state index contributed by atoms with van der Waals surface area (Å²) in [6, 6.07) is 3.86. The molecule has 1 atom stereocenters. The van der Waals surface area contributed by atoms with Gasteiger partial charge in [-0.25, -0.2) is 8.42 Å². The summed E-state index contributed by atoms with van der Waals surface area (Å²) in [6.07, 6.45) is 4.53. The molecule has 1 fully saturated rings. The van der Waals surface area contributed by atoms with Crippen molar-refractivity contribution in [1.29, 1.82) is 0 Å². The Morgan fingerprint density at radius 2 is 2.04 bits per heavy atom. The van der Waals surface area contributed by atoms with E-state index in [-0.39, 0.29) is 23.5 Å². The molecule has 0 aliphatic carbocycles. The van der Waals surface area contributed by atoms with Gasteiger partial charge in [0.15, 0.2) is 9.84 Å². The highest BCUT2D eigenvalue weighted by molar-refractivity contribution is 7.91. The van der Waals surface area contributed by atoms with Gasteiger partial charge in [-0.15, -0.1) is 0 Å². The van der Waals surface area contributed by atoms with E-state index in [1.54, 1.807) is 12.4 Å². The van der Waals surface area contributed by atoms with Crippen LogP contribution in [0.5, 0.6) is 0 Å². The number of hydrogen-bond donors (Lipinski definition) is 0. The van der Waals surface area contributed by atoms with Gasteiger partial charge in [0.25, 0.3) is 0 Å². The highest BCUT2D eigenvalue weighted by Crippen LogP contribution is 2.17. The van der Waals surface area contributed by atoms with Crippen LogP contribution in [-0.2, 0) is 21.2 Å². The summed E-state index contributed by atoms with van der Waals surface area (Å²) in [5, 5.41) is 0. The molecule has 1 aromatic rings. The summed E-state index contributed by atoms with van der Waals surface area (Å²) in [5.41, 5.74) is 1.06. The molecule has 0 aromatic carbocycles. The van der Waals surface area contributed by atoms with Crippen LogP contribution in [0.25, 0.3) is 0 Å². The van der Waals surface area contributed by atoms with Crippen molar-refractivity contribution in [2.45, 2.75) is 32.4 Å². The summed E-state index contributed by atoms with van der Waals surface area (Å²) < 4.78 is 23.1. The van der Waals surface area contributed by atoms with E-state index in [2.05, 4.69) is 4.98 Å². The molecule has 0 bridgehead atoms. The molecule has 2 rings (SSSR count). The van der Waals surface area contributed by atoms with Crippen molar-refractivity contribution in [3.63, 3.8) is 0 Å². The summed E-state index contributed by atoms with van der Waals surface area (Å²) in [7, 11) is -0.983. The molecular weight excluding hydrogens is 314 g/mol. The zero-order valence-electron chi connectivity index (χ0n) is 13.8. The van der Waals surface area contributed by atoms with Crippen molar-refractivity contribution in [2.24, 2.45) is 0 Å². The first-order chi connectivity index (χ1) is 10.9. The van der Waals surface area contributed by atoms with Crippen LogP contribution in [-0.4, -0.2) is 66.8 Å². The minimum atomic E-state index is -2.88. The number of carbonyl (C=O) groups excluding carboxylic acids is 1. The first-order valence-corrected chi connectivity index (χ1v) is 9.81. The maximum absolute atomic E-state index is 12.4. The minimum Gasteiger partial charge on any atom is -0.339 e. The second-order valence-electron chi connectivity index (χ2n) is 6.05. The number of sulfone groups is 1. The van der Waals surface area contributed by atoms with Crippen molar-refractivity contribution in [1.82, 2.24) is 14.8 Å². The van der Waals surface area contributed by atoms with Crippen LogP contribution >= 0.6 is 0 Å². The minimum absolute atomic E-state index is 0.0445. The van der Waals surface area contributed by atoms with E-state index in [0.29, 0.717) is 32.5 Å². The quantitative estimate of drug-likeness (QED) is 0.739. The smallest absolute Gasteiger partial charge is 0.224 e. The Bertz CT molecular complexity index is 619. The zero-order chi connectivity index (χ0) is 16.9. The van der Waals surface area contributed by atoms with Gasteiger partial charge in [-0.05, 0) is 38.1 Å². The number of nitrogens with zero attached hydrogens (tertiary/aromatic N) is 3. The van der Waals surface area contributed by atoms with Gasteiger partial charge in [-0.1, -0.05) is 0 Å². The molecule has 1 aliphatic heterocycles. The molecule has 128 valence electrons. The van der Waals surface area contributed by atoms with Gasteiger partial charge in [0.1, 0.15) is 0 Å². The molecule has 2 heterocycles. The molecular formula is C16H25N3O3S. The van der Waals surface area contributed by atoms with E-state index in [0.717, 1.165) is 5.56 Å². The highest BCUT2D eigenvalue weighted by atomic mass is 32.2. The van der Waals surface area contributed by atoms with E-state index < -0.39 is 9.84 Å². The second kappa shape index (κ2) is 7.88. The zero-order valence-corrected chi connectivity index (χ0v) is 14.6. The lowest BCUT2D eigenvalue weighted by atomic mass is 10.2. The number of aromatic nitrogens is 1. The summed E-state index contributed by atoms with van der Waals surface area (Å²) in [5.74, 6) is 0.572. The molecule has 0 radical (unpaired) electrons. The lowest BCUT2D eigenvalue weighted by Gasteiger charge is -2.25. The molecule has 0 N–H and O–H groups in total. The van der Waals surface area contributed by atoms with E-state index in [1.807, 2.05) is 35.9 Å². The fraction of sp³-hybridized carbons (Fsp3) is 0.625. The van der Waals surface area contributed by atoms with Gasteiger partial charge in [0.05, 0.1) is 11.5 Å². The van der Waals surface area contributed by atoms with E-state index >= 15 is 0 Å². The third-order valence-corrected chi connectivity index (χ3v) is 6.12. The summed E-state index contributed by atoms with van der Waals surface area (Å²) >= 11 is 0. The van der Waals surface area contributed by atoms with Gasteiger partial charge >= 0.3 is 0 Å². The van der Waals surface area contributed by atoms with Crippen molar-refractivity contribution in [2.75, 3.05) is 31.6 Å². The number of hydrogen-bond acceptors (Lipinski definition) is 5. The lowest BCUT2D eigenvalue weighted by molar-refractivity contribution is -0.132. The maximum atomic E-state index is 12.4. The normalized spacial score (nSPS) is 19.9. The first-order valence-electron chi connectivity index (χ1n) is 7.98. The van der Waals surface area contributed by atoms with Crippen LogP contribution in [0.3, 0.4) is 0 Å². The highest BCUT2D eigenvalue weighted by Gasteiger charge is 2.30. The molecule has 6 nitrogen and oxygen atoms in total. The molecule has 7 heteroatoms. The topological polar surface area (TPSA) is 70.6 Å². The Kier molecular flexibility index (Phi) is 6.12. The van der Waals surface area contributed by atoms with Crippen molar-refractivity contribution in [3.05, 3.63) is 30.1 Å². The van der Waals surface area contributed by atoms with Gasteiger partial charge in [-0.3, -0.25) is 9.78 Å². The molecule has 0 spiro atoms. The van der Waals surface area contributed by atoms with Gasteiger partial charge in [0.2, 0.25) is 5.91 Å². The lowest BCUT2D eigenvalue weighted by Crippen LogP contribution is -2.37. The third kappa shape index (κ3) is 5.28. The Labute approximate surface area is 138 Å². The van der Waals surface area contributed by atoms with Crippen LogP contribution in [0.15, 0.2) is 24.5 Å². The van der Waals surface area contributed by atoms with E-state index in [4.69, 9.17) is 0 Å². The Morgan fingerprint density at radius 1 is 1.35 bits per heavy atom. The van der Waals surface area contributed by atoms with Crippen LogP contribution < -0.4 is 0 Å². The van der Waals surface area contributed by atoms with Crippen molar-refractivity contribution < 1.29 is 13.2 Å². The number of amides is 1. The third-order valence-electron chi connectivity index (χ3n) is 4.37. The van der Waals surface area contributed by atoms with Crippen molar-refractivity contribution >= 4 is 15.7 Å². The molecule has 1 saturated heterocycles. The van der Waals surface area contributed by atoms with Crippen LogP contribution in [0.1, 0.15) is 25.3 Å². The van der Waals surface area contributed by atoms with Gasteiger partial charge in [-0.2, -0.15) is 0 Å². The Balaban J connectivity index is 1.83. The molecule has 23 heavy (non-hydrogen) atoms. The Hall–Kier alpha value is -1.47. The fourth-order valence-electron chi connectivity index (χ4n) is 2.82. The average Bonchev–Trinajstić information content (AvgIpc) is 2.91. The predicted molar refractivity (Wildman–Crippen MR) is 89.6 cm³/mol. The average molecular weight is 339 g/mol. The fourth-order valence-corrected chi connectivity index (χ4v) is 4.63. The van der Waals surface area contributed by atoms with Gasteiger partial charge < -0.3 is 9.80 Å². The SMILES string of the molecule is CCN(Cc1ccncc1)C(=O)CCN(C)[C@H]1CCS(=O)(=O)C1. The molecule has 1 aliphatic rings. The van der Waals surface area contributed by atoms with Crippen LogP contribution in [0, 0.1) is 0 Å². The Morgan fingerprint density at radius 3 is 2.61 bits per heavy atom. The molecule has 0 unspecified atom stereocenters. The molecule has 1 aromatic heterocycles. The predicted octanol–water partition coefficient (Wildman–Crippen LogP) is 0.939. The first kappa shape index (κ1) is 17.9. The number of rotatable bonds is 7. The van der Waals surface area contributed by atoms with Crippen LogP contribution in [0.4, 0.5) is 0 Å². The van der Waals surface area contributed by atoms with Crippen LogP contribution in [0.2, 0.25) is 0 Å². The monoisotopic (exact) mass is 339 g/mol. The largest absolute Gasteiger partial charge is 0.339 e. The summed E-state index contributed by atoms with van der Waals surface area (Å²) in [6.45, 7) is 3.79. The number of pyridine rings is 1. The molecule has 0 saturated carbocycles. The molecule has 1 amide bonds. The van der Waals surface area contributed by atoms with E-state index in [1.165, 1.54) is 0 Å². The standard InChI is InChI=1S/C16H25N3O3S/c1-3-19(12-14-4-8-17-9-5-14)16(20)6-10-18(2)15-7-11-23(21,22)13-15/h4-5,8-9,15H,3,6-7,10-13H2,1-2H3/t15-/m0/s1. The number of carbonyl (C=O) groups is 1.